The Bertz CT molecular complexity index is 502. The second kappa shape index (κ2) is 9.43. The van der Waals surface area contributed by atoms with Gasteiger partial charge in [-0.2, -0.15) is 0 Å². The Hall–Kier alpha value is -0.590. The van der Waals surface area contributed by atoms with Gasteiger partial charge >= 0.3 is 0 Å². The van der Waals surface area contributed by atoms with Gasteiger partial charge in [-0.3, -0.25) is 14.8 Å². The molecule has 0 saturated carbocycles. The first-order chi connectivity index (χ1) is 9.77. The lowest BCUT2D eigenvalue weighted by molar-refractivity contribution is -0.121. The van der Waals surface area contributed by atoms with Crippen molar-refractivity contribution >= 4 is 54.6 Å². The molecule has 0 aliphatic rings. The zero-order chi connectivity index (χ0) is 14.4. The summed E-state index contributed by atoms with van der Waals surface area (Å²) in [4.78, 5) is 20.8. The number of ketones is 1. The molecule has 0 aliphatic carbocycles. The highest BCUT2D eigenvalue weighted by Gasteiger charge is 2.27. The molecule has 0 fully saturated rings. The molecule has 0 aliphatic heterocycles. The molecule has 2 aromatic rings. The number of hydrogen-bond donors (Lipinski definition) is 0. The van der Waals surface area contributed by atoms with Crippen molar-refractivity contribution in [3.63, 3.8) is 0 Å². The molecule has 21 heavy (non-hydrogen) atoms. The molecule has 2 heterocycles. The summed E-state index contributed by atoms with van der Waals surface area (Å²) in [6, 6.07) is 7.56. The van der Waals surface area contributed by atoms with Gasteiger partial charge in [0.05, 0.1) is 11.8 Å². The first kappa shape index (κ1) is 18.5. The Kier molecular flexibility index (Phi) is 8.29. The van der Waals surface area contributed by atoms with Crippen molar-refractivity contribution in [3.8, 4) is 0 Å². The molecule has 2 aromatic heterocycles. The molecular weight excluding hydrogens is 464 g/mol. The summed E-state index contributed by atoms with van der Waals surface area (Å²) < 4.78 is 0. The number of nitrogens with zero attached hydrogens (tertiary/aromatic N) is 2. The van der Waals surface area contributed by atoms with Crippen LogP contribution in [0.2, 0.25) is 0 Å². The number of carbonyl (C=O) groups excluding carboxylic acids is 1. The van der Waals surface area contributed by atoms with Gasteiger partial charge in [0.15, 0.2) is 0 Å². The van der Waals surface area contributed by atoms with Gasteiger partial charge in [-0.1, -0.05) is 31.9 Å². The van der Waals surface area contributed by atoms with Gasteiger partial charge in [0.25, 0.3) is 0 Å². The third-order valence-corrected chi connectivity index (χ3v) is 4.51. The smallest absolute Gasteiger partial charge is 0.149 e. The molecule has 2 unspecified atom stereocenters. The van der Waals surface area contributed by atoms with Crippen LogP contribution in [0.15, 0.2) is 49.1 Å². The van der Waals surface area contributed by atoms with E-state index in [1.807, 2.05) is 24.3 Å². The highest BCUT2D eigenvalue weighted by Crippen LogP contribution is 2.28. The lowest BCUT2D eigenvalue weighted by Crippen LogP contribution is -2.23. The zero-order valence-corrected chi connectivity index (χ0v) is 16.0. The van der Waals surface area contributed by atoms with E-state index in [-0.39, 0.29) is 34.6 Å². The van der Waals surface area contributed by atoms with E-state index in [0.29, 0.717) is 10.7 Å². The van der Waals surface area contributed by atoms with Gasteiger partial charge < -0.3 is 0 Å². The van der Waals surface area contributed by atoms with Gasteiger partial charge in [-0.25, -0.2) is 0 Å². The fourth-order valence-corrected chi connectivity index (χ4v) is 3.48. The standard InChI is InChI=1S/C15H14Br2N2O.BrH/c16-9-13(11-1-5-18-6-2-11)15(20)14(10-17)12-3-7-19-8-4-12;/h1-8,13-14H,9-10H2;1H. The number of Topliss-reactive ketones (excluding diaryl/α,β-unsaturated/α-hetero) is 1. The van der Waals surface area contributed by atoms with Crippen LogP contribution in [0.3, 0.4) is 0 Å². The predicted molar refractivity (Wildman–Crippen MR) is 96.9 cm³/mol. The molecule has 0 N–H and O–H groups in total. The largest absolute Gasteiger partial charge is 0.298 e. The van der Waals surface area contributed by atoms with E-state index in [1.54, 1.807) is 24.8 Å². The zero-order valence-electron chi connectivity index (χ0n) is 11.2. The molecule has 0 saturated heterocycles. The number of carbonyl (C=O) groups is 1. The third kappa shape index (κ3) is 4.69. The Balaban J connectivity index is 0.00000220. The van der Waals surface area contributed by atoms with Crippen LogP contribution in [0, 0.1) is 0 Å². The minimum absolute atomic E-state index is 0. The SMILES string of the molecule is Br.O=C(C(CBr)c1ccncc1)C(CBr)c1ccncc1. The van der Waals surface area contributed by atoms with E-state index in [9.17, 15) is 4.79 Å². The van der Waals surface area contributed by atoms with Gasteiger partial charge in [0.1, 0.15) is 5.78 Å². The average molecular weight is 479 g/mol. The molecule has 0 amide bonds. The molecule has 0 bridgehead atoms. The second-order valence-electron chi connectivity index (χ2n) is 4.38. The van der Waals surface area contributed by atoms with Crippen LogP contribution >= 0.6 is 48.8 Å². The van der Waals surface area contributed by atoms with Crippen molar-refractivity contribution in [2.75, 3.05) is 10.7 Å². The molecule has 0 spiro atoms. The number of aromatic nitrogens is 2. The van der Waals surface area contributed by atoms with Crippen molar-refractivity contribution in [3.05, 3.63) is 60.2 Å². The quantitative estimate of drug-likeness (QED) is 0.582. The molecule has 6 heteroatoms. The summed E-state index contributed by atoms with van der Waals surface area (Å²) in [5, 5.41) is 1.20. The van der Waals surface area contributed by atoms with Gasteiger partial charge in [-0.15, -0.1) is 17.0 Å². The monoisotopic (exact) mass is 476 g/mol. The summed E-state index contributed by atoms with van der Waals surface area (Å²) in [7, 11) is 0. The van der Waals surface area contributed by atoms with Gasteiger partial charge in [-0.05, 0) is 35.4 Å². The van der Waals surface area contributed by atoms with E-state index < -0.39 is 0 Å². The summed E-state index contributed by atoms with van der Waals surface area (Å²) in [5.41, 5.74) is 1.98. The highest BCUT2D eigenvalue weighted by atomic mass is 79.9. The summed E-state index contributed by atoms with van der Waals surface area (Å²) >= 11 is 6.91. The number of hydrogen-bond acceptors (Lipinski definition) is 3. The molecule has 3 nitrogen and oxygen atoms in total. The van der Waals surface area contributed by atoms with Gasteiger partial charge in [0, 0.05) is 35.4 Å². The van der Waals surface area contributed by atoms with Crippen LogP contribution in [0.25, 0.3) is 0 Å². The van der Waals surface area contributed by atoms with Crippen molar-refractivity contribution in [1.29, 1.82) is 0 Å². The summed E-state index contributed by atoms with van der Waals surface area (Å²) in [5.74, 6) is -0.154. The van der Waals surface area contributed by atoms with E-state index in [1.165, 1.54) is 0 Å². The first-order valence-electron chi connectivity index (χ1n) is 6.23. The molecule has 2 atom stereocenters. The molecular formula is C15H15Br3N2O. The summed E-state index contributed by atoms with van der Waals surface area (Å²) in [6.45, 7) is 0. The van der Waals surface area contributed by atoms with Crippen LogP contribution in [0.5, 0.6) is 0 Å². The normalized spacial score (nSPS) is 13.0. The third-order valence-electron chi connectivity index (χ3n) is 3.21. The molecule has 112 valence electrons. The lowest BCUT2D eigenvalue weighted by atomic mass is 9.86. The topological polar surface area (TPSA) is 42.9 Å². The van der Waals surface area contributed by atoms with E-state index in [2.05, 4.69) is 41.8 Å². The summed E-state index contributed by atoms with van der Waals surface area (Å²) in [6.07, 6.45) is 6.86. The maximum atomic E-state index is 12.8. The molecule has 2 rings (SSSR count). The van der Waals surface area contributed by atoms with Crippen LogP contribution in [-0.2, 0) is 4.79 Å². The fourth-order valence-electron chi connectivity index (χ4n) is 2.09. The van der Waals surface area contributed by atoms with Crippen molar-refractivity contribution in [1.82, 2.24) is 9.97 Å². The average Bonchev–Trinajstić information content (AvgIpc) is 2.51. The minimum atomic E-state index is -0.172. The van der Waals surface area contributed by atoms with Crippen molar-refractivity contribution < 1.29 is 4.79 Å². The maximum absolute atomic E-state index is 12.8. The Morgan fingerprint density at radius 2 is 1.19 bits per heavy atom. The Morgan fingerprint density at radius 3 is 1.48 bits per heavy atom. The lowest BCUT2D eigenvalue weighted by Gasteiger charge is -2.20. The van der Waals surface area contributed by atoms with Gasteiger partial charge in [0.2, 0.25) is 0 Å². The second-order valence-corrected chi connectivity index (χ2v) is 5.67. The first-order valence-corrected chi connectivity index (χ1v) is 8.47. The Morgan fingerprint density at radius 1 is 0.857 bits per heavy atom. The van der Waals surface area contributed by atoms with E-state index >= 15 is 0 Å². The minimum Gasteiger partial charge on any atom is -0.298 e. The predicted octanol–water partition coefficient (Wildman–Crippen LogP) is 4.28. The fraction of sp³-hybridized carbons (Fsp3) is 0.267. The van der Waals surface area contributed by atoms with Crippen molar-refractivity contribution in [2.24, 2.45) is 0 Å². The maximum Gasteiger partial charge on any atom is 0.149 e. The Labute approximate surface area is 151 Å². The molecule has 0 radical (unpaired) electrons. The molecule has 0 aromatic carbocycles. The van der Waals surface area contributed by atoms with E-state index in [4.69, 9.17) is 0 Å². The number of pyridine rings is 2. The highest BCUT2D eigenvalue weighted by molar-refractivity contribution is 9.09. The van der Waals surface area contributed by atoms with Crippen LogP contribution in [0.1, 0.15) is 23.0 Å². The number of rotatable bonds is 6. The van der Waals surface area contributed by atoms with Crippen LogP contribution in [-0.4, -0.2) is 26.4 Å². The van der Waals surface area contributed by atoms with E-state index in [0.717, 1.165) is 11.1 Å². The van der Waals surface area contributed by atoms with Crippen LogP contribution in [0.4, 0.5) is 0 Å². The van der Waals surface area contributed by atoms with Crippen LogP contribution < -0.4 is 0 Å². The number of halogens is 3. The van der Waals surface area contributed by atoms with Crippen molar-refractivity contribution in [2.45, 2.75) is 11.8 Å². The number of alkyl halides is 2.